The van der Waals surface area contributed by atoms with Gasteiger partial charge in [0.2, 0.25) is 5.91 Å². The molecular formula is C20H25N5O3S. The van der Waals surface area contributed by atoms with Crippen molar-refractivity contribution in [3.8, 4) is 0 Å². The number of hydrogen-bond acceptors (Lipinski definition) is 5. The highest BCUT2D eigenvalue weighted by Gasteiger charge is 2.29. The highest BCUT2D eigenvalue weighted by atomic mass is 32.1. The first kappa shape index (κ1) is 19.6. The highest BCUT2D eigenvalue weighted by molar-refractivity contribution is 7.10. The fraction of sp³-hybridized carbons (Fsp3) is 0.500. The van der Waals surface area contributed by atoms with Gasteiger partial charge < -0.3 is 9.47 Å². The minimum atomic E-state index is -0.397. The van der Waals surface area contributed by atoms with Crippen LogP contribution in [0.15, 0.2) is 27.4 Å². The van der Waals surface area contributed by atoms with Crippen molar-refractivity contribution < 1.29 is 4.79 Å². The quantitative estimate of drug-likeness (QED) is 0.636. The fourth-order valence-electron chi connectivity index (χ4n) is 4.25. The maximum absolute atomic E-state index is 12.9. The van der Waals surface area contributed by atoms with Crippen molar-refractivity contribution >= 4 is 28.4 Å². The topological polar surface area (TPSA) is 82.1 Å². The van der Waals surface area contributed by atoms with Gasteiger partial charge in [-0.15, -0.1) is 11.3 Å². The third-order valence-electron chi connectivity index (χ3n) is 5.81. The molecule has 0 bridgehead atoms. The Morgan fingerprint density at radius 1 is 1.28 bits per heavy atom. The lowest BCUT2D eigenvalue weighted by molar-refractivity contribution is -0.134. The Kier molecular flexibility index (Phi) is 5.16. The van der Waals surface area contributed by atoms with Gasteiger partial charge in [0, 0.05) is 38.5 Å². The van der Waals surface area contributed by atoms with E-state index in [1.165, 1.54) is 22.1 Å². The zero-order valence-corrected chi connectivity index (χ0v) is 17.7. The highest BCUT2D eigenvalue weighted by Crippen LogP contribution is 2.35. The maximum atomic E-state index is 12.9. The molecule has 1 aliphatic rings. The summed E-state index contributed by atoms with van der Waals surface area (Å²) in [6, 6.07) is 2.30. The fourth-order valence-corrected chi connectivity index (χ4v) is 5.17. The van der Waals surface area contributed by atoms with Crippen molar-refractivity contribution in [2.24, 2.45) is 14.1 Å². The van der Waals surface area contributed by atoms with Crippen molar-refractivity contribution in [3.63, 3.8) is 0 Å². The number of aryl methyl sites for hydroxylation is 2. The van der Waals surface area contributed by atoms with E-state index < -0.39 is 5.69 Å². The van der Waals surface area contributed by atoms with Crippen LogP contribution in [-0.4, -0.2) is 36.0 Å². The van der Waals surface area contributed by atoms with Crippen LogP contribution in [0.1, 0.15) is 42.7 Å². The van der Waals surface area contributed by atoms with Crippen LogP contribution in [0.5, 0.6) is 0 Å². The number of amides is 1. The van der Waals surface area contributed by atoms with Crippen molar-refractivity contribution in [1.82, 2.24) is 23.6 Å². The van der Waals surface area contributed by atoms with Gasteiger partial charge >= 0.3 is 5.69 Å². The molecule has 1 aliphatic heterocycles. The van der Waals surface area contributed by atoms with E-state index in [1.54, 1.807) is 29.3 Å². The van der Waals surface area contributed by atoms with Gasteiger partial charge in [-0.05, 0) is 36.3 Å². The monoisotopic (exact) mass is 415 g/mol. The second kappa shape index (κ2) is 7.62. The Labute approximate surface area is 172 Å². The third-order valence-corrected chi connectivity index (χ3v) is 6.81. The van der Waals surface area contributed by atoms with Gasteiger partial charge in [-0.25, -0.2) is 9.78 Å². The molecule has 154 valence electrons. The first-order chi connectivity index (χ1) is 13.9. The van der Waals surface area contributed by atoms with Crippen LogP contribution in [0.3, 0.4) is 0 Å². The molecule has 0 saturated heterocycles. The van der Waals surface area contributed by atoms with Gasteiger partial charge in [0.05, 0.1) is 12.4 Å². The maximum Gasteiger partial charge on any atom is 0.332 e. The van der Waals surface area contributed by atoms with Crippen LogP contribution in [-0.2, 0) is 31.9 Å². The van der Waals surface area contributed by atoms with Crippen LogP contribution in [0, 0.1) is 0 Å². The standard InChI is InChI=1S/C20H25N5O3S/c1-4-14-13-8-11-29-15(13)7-10-25(14)16(26)6-5-9-24-12-21-18-17(24)19(27)23(3)20(28)22(18)2/h8,11-12,14H,4-7,9-10H2,1-3H3. The molecule has 0 N–H and O–H groups in total. The Morgan fingerprint density at radius 3 is 2.83 bits per heavy atom. The molecule has 0 saturated carbocycles. The average molecular weight is 416 g/mol. The lowest BCUT2D eigenvalue weighted by Gasteiger charge is -2.35. The molecule has 1 amide bonds. The van der Waals surface area contributed by atoms with Crippen molar-refractivity contribution in [1.29, 1.82) is 0 Å². The van der Waals surface area contributed by atoms with Crippen LogP contribution < -0.4 is 11.2 Å². The lowest BCUT2D eigenvalue weighted by Crippen LogP contribution is -2.39. The molecule has 0 aliphatic carbocycles. The van der Waals surface area contributed by atoms with Crippen LogP contribution >= 0.6 is 11.3 Å². The molecule has 3 aromatic rings. The van der Waals surface area contributed by atoms with Crippen LogP contribution in [0.2, 0.25) is 0 Å². The van der Waals surface area contributed by atoms with Gasteiger partial charge in [0.15, 0.2) is 11.2 Å². The third kappa shape index (κ3) is 3.23. The number of thiophene rings is 1. The molecule has 3 aromatic heterocycles. The van der Waals surface area contributed by atoms with E-state index in [0.717, 1.165) is 24.0 Å². The molecule has 1 atom stereocenters. The summed E-state index contributed by atoms with van der Waals surface area (Å²) in [5.41, 5.74) is 1.30. The second-order valence-corrected chi connectivity index (χ2v) is 8.48. The van der Waals surface area contributed by atoms with Gasteiger partial charge in [-0.1, -0.05) is 6.92 Å². The van der Waals surface area contributed by atoms with E-state index in [1.807, 2.05) is 4.90 Å². The van der Waals surface area contributed by atoms with E-state index in [2.05, 4.69) is 23.4 Å². The summed E-state index contributed by atoms with van der Waals surface area (Å²) in [6.07, 6.45) is 4.43. The van der Waals surface area contributed by atoms with Crippen molar-refractivity contribution in [2.45, 2.75) is 45.2 Å². The smallest absolute Gasteiger partial charge is 0.332 e. The number of aromatic nitrogens is 4. The molecule has 0 aromatic carbocycles. The van der Waals surface area contributed by atoms with Gasteiger partial charge in [0.1, 0.15) is 0 Å². The molecule has 4 rings (SSSR count). The summed E-state index contributed by atoms with van der Waals surface area (Å²) < 4.78 is 4.20. The molecule has 1 unspecified atom stereocenters. The normalized spacial score (nSPS) is 16.4. The summed E-state index contributed by atoms with van der Waals surface area (Å²) in [4.78, 5) is 45.1. The van der Waals surface area contributed by atoms with Crippen LogP contribution in [0.25, 0.3) is 11.2 Å². The first-order valence-electron chi connectivity index (χ1n) is 9.90. The summed E-state index contributed by atoms with van der Waals surface area (Å²) in [6.45, 7) is 3.39. The van der Waals surface area contributed by atoms with Crippen molar-refractivity contribution in [3.05, 3.63) is 49.1 Å². The molecular weight excluding hydrogens is 390 g/mol. The van der Waals surface area contributed by atoms with E-state index in [0.29, 0.717) is 30.6 Å². The lowest BCUT2D eigenvalue weighted by atomic mass is 9.97. The number of hydrogen-bond donors (Lipinski definition) is 0. The molecule has 0 spiro atoms. The van der Waals surface area contributed by atoms with Crippen molar-refractivity contribution in [2.75, 3.05) is 6.54 Å². The van der Waals surface area contributed by atoms with E-state index in [-0.39, 0.29) is 17.5 Å². The zero-order valence-electron chi connectivity index (χ0n) is 16.9. The SMILES string of the molecule is CCC1c2ccsc2CCN1C(=O)CCCn1cnc2c1c(=O)n(C)c(=O)n2C. The number of imidazole rings is 1. The number of carbonyl (C=O) groups is 1. The Morgan fingerprint density at radius 2 is 2.07 bits per heavy atom. The number of carbonyl (C=O) groups excluding carboxylic acids is 1. The zero-order chi connectivity index (χ0) is 20.7. The van der Waals surface area contributed by atoms with Gasteiger partial charge in [-0.2, -0.15) is 0 Å². The second-order valence-electron chi connectivity index (χ2n) is 7.48. The Bertz CT molecular complexity index is 1190. The number of nitrogens with zero attached hydrogens (tertiary/aromatic N) is 5. The van der Waals surface area contributed by atoms with Gasteiger partial charge in [-0.3, -0.25) is 18.7 Å². The van der Waals surface area contributed by atoms with E-state index in [4.69, 9.17) is 0 Å². The molecule has 9 heteroatoms. The number of fused-ring (bicyclic) bond motifs is 2. The summed E-state index contributed by atoms with van der Waals surface area (Å²) in [5.74, 6) is 0.151. The molecule has 4 heterocycles. The Balaban J connectivity index is 1.48. The summed E-state index contributed by atoms with van der Waals surface area (Å²) >= 11 is 1.78. The average Bonchev–Trinajstić information content (AvgIpc) is 3.36. The molecule has 29 heavy (non-hydrogen) atoms. The number of rotatable bonds is 5. The Hall–Kier alpha value is -2.68. The largest absolute Gasteiger partial charge is 0.335 e. The summed E-state index contributed by atoms with van der Waals surface area (Å²) in [5, 5.41) is 2.11. The van der Waals surface area contributed by atoms with E-state index >= 15 is 0 Å². The minimum absolute atomic E-state index is 0.151. The van der Waals surface area contributed by atoms with E-state index in [9.17, 15) is 14.4 Å². The predicted molar refractivity (Wildman–Crippen MR) is 112 cm³/mol. The molecule has 0 fully saturated rings. The van der Waals surface area contributed by atoms with Crippen LogP contribution in [0.4, 0.5) is 0 Å². The summed E-state index contributed by atoms with van der Waals surface area (Å²) in [7, 11) is 3.07. The van der Waals surface area contributed by atoms with Gasteiger partial charge in [0.25, 0.3) is 5.56 Å². The minimum Gasteiger partial charge on any atom is -0.335 e. The molecule has 0 radical (unpaired) electrons. The first-order valence-corrected chi connectivity index (χ1v) is 10.8. The predicted octanol–water partition coefficient (Wildman–Crippen LogP) is 1.81. The molecule has 8 nitrogen and oxygen atoms in total.